The number of aryl methyl sites for hydroxylation is 1. The lowest BCUT2D eigenvalue weighted by molar-refractivity contribution is 0.0602. The summed E-state index contributed by atoms with van der Waals surface area (Å²) in [7, 11) is -2.28. The molecule has 1 aromatic heterocycles. The number of carbonyl (C=O) groups is 1. The Morgan fingerprint density at radius 1 is 1.27 bits per heavy atom. The Morgan fingerprint density at radius 3 is 2.67 bits per heavy atom. The first-order valence-corrected chi connectivity index (χ1v) is 12.0. The Labute approximate surface area is 185 Å². The van der Waals surface area contributed by atoms with Crippen molar-refractivity contribution in [2.24, 2.45) is 0 Å². The van der Waals surface area contributed by atoms with Crippen LogP contribution < -0.4 is 10.6 Å². The number of thiophene rings is 1. The maximum atomic E-state index is 12.8. The molecule has 2 N–H and O–H groups in total. The SMILES string of the molecule is CCc1cc(C(=O)OC)c(NC(=S)Nc2cccc(S(=O)(=O)N3CCOCC3)c2)s1. The highest BCUT2D eigenvalue weighted by Gasteiger charge is 2.26. The van der Waals surface area contributed by atoms with Crippen LogP contribution >= 0.6 is 23.6 Å². The van der Waals surface area contributed by atoms with Crippen molar-refractivity contribution in [1.29, 1.82) is 0 Å². The summed E-state index contributed by atoms with van der Waals surface area (Å²) in [5.74, 6) is -0.449. The highest BCUT2D eigenvalue weighted by atomic mass is 32.2. The minimum atomic E-state index is -3.61. The number of anilines is 2. The zero-order valence-electron chi connectivity index (χ0n) is 16.6. The maximum absolute atomic E-state index is 12.8. The third-order valence-electron chi connectivity index (χ3n) is 4.46. The Kier molecular flexibility index (Phi) is 7.42. The molecule has 1 aromatic carbocycles. The number of nitrogens with zero attached hydrogens (tertiary/aromatic N) is 1. The van der Waals surface area contributed by atoms with Crippen molar-refractivity contribution in [2.75, 3.05) is 44.0 Å². The molecule has 3 rings (SSSR count). The summed E-state index contributed by atoms with van der Waals surface area (Å²) in [5.41, 5.74) is 0.931. The third-order valence-corrected chi connectivity index (χ3v) is 7.76. The van der Waals surface area contributed by atoms with E-state index in [1.54, 1.807) is 24.3 Å². The fourth-order valence-electron chi connectivity index (χ4n) is 2.91. The van der Waals surface area contributed by atoms with E-state index in [-0.39, 0.29) is 10.0 Å². The predicted molar refractivity (Wildman–Crippen MR) is 121 cm³/mol. The van der Waals surface area contributed by atoms with Crippen LogP contribution in [0, 0.1) is 0 Å². The summed E-state index contributed by atoms with van der Waals surface area (Å²) < 4.78 is 37.2. The largest absolute Gasteiger partial charge is 0.465 e. The predicted octanol–water partition coefficient (Wildman–Crippen LogP) is 2.93. The second-order valence-corrected chi connectivity index (χ2v) is 9.91. The van der Waals surface area contributed by atoms with Crippen LogP contribution in [0.15, 0.2) is 35.2 Å². The third kappa shape index (κ3) is 5.16. The number of morpholine rings is 1. The first-order valence-electron chi connectivity index (χ1n) is 9.32. The number of methoxy groups -OCH3 is 1. The van der Waals surface area contributed by atoms with Gasteiger partial charge in [-0.2, -0.15) is 4.31 Å². The Bertz CT molecular complexity index is 1030. The van der Waals surface area contributed by atoms with Crippen molar-refractivity contribution in [3.05, 3.63) is 40.8 Å². The number of benzene rings is 1. The average molecular weight is 470 g/mol. The molecule has 8 nitrogen and oxygen atoms in total. The molecule has 11 heteroatoms. The van der Waals surface area contributed by atoms with Gasteiger partial charge < -0.3 is 20.1 Å². The van der Waals surface area contributed by atoms with Gasteiger partial charge in [0, 0.05) is 23.7 Å². The smallest absolute Gasteiger partial charge is 0.340 e. The fourth-order valence-corrected chi connectivity index (χ4v) is 5.63. The van der Waals surface area contributed by atoms with Gasteiger partial charge in [-0.15, -0.1) is 11.3 Å². The summed E-state index contributed by atoms with van der Waals surface area (Å²) in [5, 5.41) is 6.82. The molecule has 0 spiro atoms. The number of rotatable bonds is 6. The van der Waals surface area contributed by atoms with E-state index < -0.39 is 16.0 Å². The maximum Gasteiger partial charge on any atom is 0.340 e. The second-order valence-electron chi connectivity index (χ2n) is 6.42. The van der Waals surface area contributed by atoms with Crippen molar-refractivity contribution >= 4 is 55.3 Å². The van der Waals surface area contributed by atoms with Gasteiger partial charge in [-0.1, -0.05) is 13.0 Å². The van der Waals surface area contributed by atoms with E-state index in [2.05, 4.69) is 10.6 Å². The van der Waals surface area contributed by atoms with Crippen LogP contribution in [0.3, 0.4) is 0 Å². The van der Waals surface area contributed by atoms with Gasteiger partial charge in [-0.05, 0) is 42.9 Å². The number of thiocarbonyl (C=S) groups is 1. The van der Waals surface area contributed by atoms with Crippen molar-refractivity contribution in [2.45, 2.75) is 18.2 Å². The van der Waals surface area contributed by atoms with Gasteiger partial charge in [0.05, 0.1) is 30.8 Å². The lowest BCUT2D eigenvalue weighted by Gasteiger charge is -2.26. The molecule has 0 aliphatic carbocycles. The lowest BCUT2D eigenvalue weighted by Crippen LogP contribution is -2.40. The number of esters is 1. The molecule has 0 atom stereocenters. The van der Waals surface area contributed by atoms with Gasteiger partial charge in [-0.3, -0.25) is 0 Å². The molecule has 2 aromatic rings. The number of hydrogen-bond donors (Lipinski definition) is 2. The molecule has 0 bridgehead atoms. The first kappa shape index (κ1) is 22.6. The molecular weight excluding hydrogens is 446 g/mol. The highest BCUT2D eigenvalue weighted by Crippen LogP contribution is 2.29. The number of carbonyl (C=O) groups excluding carboxylic acids is 1. The van der Waals surface area contributed by atoms with E-state index >= 15 is 0 Å². The van der Waals surface area contributed by atoms with Gasteiger partial charge >= 0.3 is 5.97 Å². The zero-order valence-corrected chi connectivity index (χ0v) is 19.1. The molecule has 2 heterocycles. The van der Waals surface area contributed by atoms with E-state index in [1.165, 1.54) is 28.8 Å². The van der Waals surface area contributed by atoms with Crippen LogP contribution in [0.5, 0.6) is 0 Å². The molecule has 0 saturated carbocycles. The summed E-state index contributed by atoms with van der Waals surface area (Å²) in [6.07, 6.45) is 0.776. The Morgan fingerprint density at radius 2 is 2.00 bits per heavy atom. The van der Waals surface area contributed by atoms with Crippen LogP contribution in [0.1, 0.15) is 22.2 Å². The van der Waals surface area contributed by atoms with E-state index in [0.29, 0.717) is 42.6 Å². The highest BCUT2D eigenvalue weighted by molar-refractivity contribution is 7.89. The lowest BCUT2D eigenvalue weighted by atomic mass is 10.2. The summed E-state index contributed by atoms with van der Waals surface area (Å²) in [6.45, 7) is 3.42. The molecule has 1 aliphatic heterocycles. The van der Waals surface area contributed by atoms with Crippen LogP contribution in [0.2, 0.25) is 0 Å². The molecule has 0 radical (unpaired) electrons. The van der Waals surface area contributed by atoms with Gasteiger partial charge in [-0.25, -0.2) is 13.2 Å². The normalized spacial score (nSPS) is 14.9. The van der Waals surface area contributed by atoms with Crippen molar-refractivity contribution in [1.82, 2.24) is 4.31 Å². The standard InChI is InChI=1S/C19H23N3O5S3/c1-3-14-12-16(18(23)26-2)17(29-14)21-19(28)20-13-5-4-6-15(11-13)30(24,25)22-7-9-27-10-8-22/h4-6,11-12H,3,7-10H2,1-2H3,(H2,20,21,28). The zero-order chi connectivity index (χ0) is 21.7. The van der Waals surface area contributed by atoms with Crippen LogP contribution in [0.4, 0.5) is 10.7 Å². The fraction of sp³-hybridized carbons (Fsp3) is 0.368. The monoisotopic (exact) mass is 469 g/mol. The van der Waals surface area contributed by atoms with E-state index in [1.807, 2.05) is 6.92 Å². The number of hydrogen-bond acceptors (Lipinski definition) is 7. The second kappa shape index (κ2) is 9.84. The summed E-state index contributed by atoms with van der Waals surface area (Å²) >= 11 is 6.78. The van der Waals surface area contributed by atoms with Gasteiger partial charge in [0.1, 0.15) is 5.00 Å². The van der Waals surface area contributed by atoms with E-state index in [4.69, 9.17) is 21.7 Å². The number of ether oxygens (including phenoxy) is 2. The molecule has 162 valence electrons. The van der Waals surface area contributed by atoms with Gasteiger partial charge in [0.25, 0.3) is 0 Å². The molecule has 1 aliphatic rings. The number of nitrogens with one attached hydrogen (secondary N) is 2. The molecule has 30 heavy (non-hydrogen) atoms. The summed E-state index contributed by atoms with van der Waals surface area (Å²) in [6, 6.07) is 8.23. The summed E-state index contributed by atoms with van der Waals surface area (Å²) in [4.78, 5) is 13.2. The van der Waals surface area contributed by atoms with E-state index in [9.17, 15) is 13.2 Å². The van der Waals surface area contributed by atoms with Crippen LogP contribution in [-0.4, -0.2) is 57.2 Å². The topological polar surface area (TPSA) is 97.0 Å². The van der Waals surface area contributed by atoms with E-state index in [0.717, 1.165) is 11.3 Å². The molecular formula is C19H23N3O5S3. The number of sulfonamides is 1. The Balaban J connectivity index is 1.74. The van der Waals surface area contributed by atoms with Crippen molar-refractivity contribution in [3.63, 3.8) is 0 Å². The molecule has 1 fully saturated rings. The van der Waals surface area contributed by atoms with Crippen molar-refractivity contribution < 1.29 is 22.7 Å². The average Bonchev–Trinajstić information content (AvgIpc) is 3.16. The molecule has 1 saturated heterocycles. The van der Waals surface area contributed by atoms with Crippen LogP contribution in [0.25, 0.3) is 0 Å². The minimum Gasteiger partial charge on any atom is -0.465 e. The minimum absolute atomic E-state index is 0.178. The van der Waals surface area contributed by atoms with Crippen molar-refractivity contribution in [3.8, 4) is 0 Å². The van der Waals surface area contributed by atoms with Gasteiger partial charge in [0.15, 0.2) is 5.11 Å². The molecule has 0 unspecified atom stereocenters. The first-order chi connectivity index (χ1) is 14.3. The molecule has 0 amide bonds. The Hall–Kier alpha value is -2.05. The quantitative estimate of drug-likeness (QED) is 0.492. The van der Waals surface area contributed by atoms with Crippen LogP contribution in [-0.2, 0) is 25.9 Å². The van der Waals surface area contributed by atoms with Gasteiger partial charge in [0.2, 0.25) is 10.0 Å².